The van der Waals surface area contributed by atoms with Gasteiger partial charge in [0.1, 0.15) is 0 Å². The van der Waals surface area contributed by atoms with Gasteiger partial charge in [-0.2, -0.15) is 0 Å². The van der Waals surface area contributed by atoms with Gasteiger partial charge in [0.2, 0.25) is 0 Å². The minimum absolute atomic E-state index is 0.608. The van der Waals surface area contributed by atoms with E-state index < -0.39 is 6.64 Å². The lowest BCUT2D eigenvalue weighted by atomic mass is 10.3. The van der Waals surface area contributed by atoms with Crippen LogP contribution < -0.4 is 5.09 Å². The fourth-order valence-corrected chi connectivity index (χ4v) is 3.14. The molecular weight excluding hydrogens is 205 g/mol. The summed E-state index contributed by atoms with van der Waals surface area (Å²) >= 11 is 5.27. The Hall–Kier alpha value is 0.530. The quantitative estimate of drug-likeness (QED) is 0.508. The van der Waals surface area contributed by atoms with Crippen LogP contribution in [0.25, 0.3) is 0 Å². The van der Waals surface area contributed by atoms with E-state index in [1.54, 1.807) is 0 Å². The SMILES string of the molecule is CCCCNP(=S)(OCC)OCC. The average Bonchev–Trinajstić information content (AvgIpc) is 2.05. The van der Waals surface area contributed by atoms with Crippen LogP contribution in [0.5, 0.6) is 0 Å². The Morgan fingerprint density at radius 3 is 2.08 bits per heavy atom. The molecule has 0 spiro atoms. The van der Waals surface area contributed by atoms with Crippen molar-refractivity contribution >= 4 is 18.4 Å². The smallest absolute Gasteiger partial charge is 0.261 e. The molecule has 0 saturated heterocycles. The zero-order valence-electron chi connectivity index (χ0n) is 8.71. The first kappa shape index (κ1) is 13.5. The summed E-state index contributed by atoms with van der Waals surface area (Å²) in [6, 6.07) is 0. The Labute approximate surface area is 86.4 Å². The highest BCUT2D eigenvalue weighted by molar-refractivity contribution is 8.08. The number of hydrogen-bond acceptors (Lipinski definition) is 3. The molecule has 0 aliphatic heterocycles. The van der Waals surface area contributed by atoms with Gasteiger partial charge in [-0.05, 0) is 32.1 Å². The van der Waals surface area contributed by atoms with E-state index >= 15 is 0 Å². The molecule has 1 N–H and O–H groups in total. The Balaban J connectivity index is 3.85. The Kier molecular flexibility index (Phi) is 8.21. The normalized spacial score (nSPS) is 11.9. The third-order valence-electron chi connectivity index (χ3n) is 1.43. The van der Waals surface area contributed by atoms with E-state index in [1.165, 1.54) is 0 Å². The molecular formula is C8H20NO2PS. The summed E-state index contributed by atoms with van der Waals surface area (Å²) in [5.41, 5.74) is 0. The van der Waals surface area contributed by atoms with Gasteiger partial charge in [-0.25, -0.2) is 5.09 Å². The standard InChI is InChI=1S/C8H20NO2PS/c1-4-7-8-9-12(13,10-5-2)11-6-3/h4-8H2,1-3H3,(H,9,13). The summed E-state index contributed by atoms with van der Waals surface area (Å²) in [6.45, 7) is 5.94. The summed E-state index contributed by atoms with van der Waals surface area (Å²) < 4.78 is 10.8. The van der Waals surface area contributed by atoms with Crippen molar-refractivity contribution in [3.8, 4) is 0 Å². The van der Waals surface area contributed by atoms with Gasteiger partial charge < -0.3 is 9.05 Å². The molecule has 0 unspecified atom stereocenters. The van der Waals surface area contributed by atoms with Crippen molar-refractivity contribution < 1.29 is 9.05 Å². The van der Waals surface area contributed by atoms with Gasteiger partial charge in [-0.15, -0.1) is 0 Å². The molecule has 0 radical (unpaired) electrons. The van der Waals surface area contributed by atoms with Crippen LogP contribution >= 0.6 is 6.64 Å². The second kappa shape index (κ2) is 7.89. The maximum atomic E-state index is 5.41. The van der Waals surface area contributed by atoms with Crippen LogP contribution in [0.1, 0.15) is 33.6 Å². The van der Waals surface area contributed by atoms with E-state index in [-0.39, 0.29) is 0 Å². The van der Waals surface area contributed by atoms with Gasteiger partial charge in [0, 0.05) is 6.54 Å². The molecule has 0 rings (SSSR count). The maximum absolute atomic E-state index is 5.41. The van der Waals surface area contributed by atoms with Gasteiger partial charge in [-0.1, -0.05) is 13.3 Å². The van der Waals surface area contributed by atoms with Crippen molar-refractivity contribution in [1.82, 2.24) is 5.09 Å². The predicted molar refractivity (Wildman–Crippen MR) is 60.4 cm³/mol. The zero-order valence-corrected chi connectivity index (χ0v) is 10.4. The monoisotopic (exact) mass is 225 g/mol. The summed E-state index contributed by atoms with van der Waals surface area (Å²) in [5, 5.41) is 3.18. The highest BCUT2D eigenvalue weighted by Gasteiger charge is 2.15. The summed E-state index contributed by atoms with van der Waals surface area (Å²) in [7, 11) is 0. The molecule has 0 bridgehead atoms. The number of rotatable bonds is 8. The minimum atomic E-state index is -2.17. The lowest BCUT2D eigenvalue weighted by Crippen LogP contribution is -2.15. The second-order valence-electron chi connectivity index (χ2n) is 2.59. The molecule has 0 fully saturated rings. The van der Waals surface area contributed by atoms with Crippen molar-refractivity contribution in [3.05, 3.63) is 0 Å². The average molecular weight is 225 g/mol. The number of nitrogens with one attached hydrogen (secondary N) is 1. The van der Waals surface area contributed by atoms with E-state index in [2.05, 4.69) is 12.0 Å². The predicted octanol–water partition coefficient (Wildman–Crippen LogP) is 2.67. The van der Waals surface area contributed by atoms with Crippen LogP contribution in [0.4, 0.5) is 0 Å². The van der Waals surface area contributed by atoms with Gasteiger partial charge >= 0.3 is 0 Å². The van der Waals surface area contributed by atoms with Crippen LogP contribution in [0.2, 0.25) is 0 Å². The fraction of sp³-hybridized carbons (Fsp3) is 1.00. The van der Waals surface area contributed by atoms with Crippen molar-refractivity contribution in [2.24, 2.45) is 0 Å². The zero-order chi connectivity index (χ0) is 10.2. The second-order valence-corrected chi connectivity index (χ2v) is 5.86. The fourth-order valence-electron chi connectivity index (χ4n) is 0.861. The van der Waals surface area contributed by atoms with Crippen LogP contribution in [-0.4, -0.2) is 19.8 Å². The van der Waals surface area contributed by atoms with Crippen LogP contribution in [0, 0.1) is 0 Å². The largest absolute Gasteiger partial charge is 0.318 e. The molecule has 0 aromatic rings. The molecule has 5 heteroatoms. The van der Waals surface area contributed by atoms with Gasteiger partial charge in [0.05, 0.1) is 13.2 Å². The molecule has 0 saturated carbocycles. The summed E-state index contributed by atoms with van der Waals surface area (Å²) in [5.74, 6) is 0. The van der Waals surface area contributed by atoms with Gasteiger partial charge in [0.25, 0.3) is 6.64 Å². The third-order valence-corrected chi connectivity index (χ3v) is 4.26. The van der Waals surface area contributed by atoms with E-state index in [0.29, 0.717) is 13.2 Å². The summed E-state index contributed by atoms with van der Waals surface area (Å²) in [6.07, 6.45) is 2.26. The maximum Gasteiger partial charge on any atom is 0.261 e. The topological polar surface area (TPSA) is 30.5 Å². The molecule has 80 valence electrons. The molecule has 13 heavy (non-hydrogen) atoms. The molecule has 0 amide bonds. The molecule has 0 aromatic carbocycles. The summed E-state index contributed by atoms with van der Waals surface area (Å²) in [4.78, 5) is 0. The van der Waals surface area contributed by atoms with E-state index in [1.807, 2.05) is 13.8 Å². The molecule has 3 nitrogen and oxygen atoms in total. The Morgan fingerprint density at radius 2 is 1.69 bits per heavy atom. The van der Waals surface area contributed by atoms with Crippen LogP contribution in [-0.2, 0) is 20.9 Å². The first-order valence-corrected chi connectivity index (χ1v) is 7.46. The van der Waals surface area contributed by atoms with E-state index in [4.69, 9.17) is 20.9 Å². The van der Waals surface area contributed by atoms with Crippen molar-refractivity contribution in [2.45, 2.75) is 33.6 Å². The molecule has 0 heterocycles. The van der Waals surface area contributed by atoms with Crippen LogP contribution in [0.3, 0.4) is 0 Å². The van der Waals surface area contributed by atoms with E-state index in [9.17, 15) is 0 Å². The molecule has 0 atom stereocenters. The number of unbranched alkanes of at least 4 members (excludes halogenated alkanes) is 1. The lowest BCUT2D eigenvalue weighted by Gasteiger charge is -2.21. The first-order valence-electron chi connectivity index (χ1n) is 4.82. The molecule has 0 aliphatic rings. The van der Waals surface area contributed by atoms with Crippen molar-refractivity contribution in [2.75, 3.05) is 19.8 Å². The minimum Gasteiger partial charge on any atom is -0.318 e. The van der Waals surface area contributed by atoms with Crippen LogP contribution in [0.15, 0.2) is 0 Å². The number of hydrogen-bond donors (Lipinski definition) is 1. The van der Waals surface area contributed by atoms with Crippen molar-refractivity contribution in [1.29, 1.82) is 0 Å². The Bertz CT molecular complexity index is 156. The van der Waals surface area contributed by atoms with Crippen molar-refractivity contribution in [3.63, 3.8) is 0 Å². The van der Waals surface area contributed by atoms with E-state index in [0.717, 1.165) is 19.4 Å². The first-order chi connectivity index (χ1) is 6.18. The van der Waals surface area contributed by atoms with Gasteiger partial charge in [0.15, 0.2) is 0 Å². The van der Waals surface area contributed by atoms with Gasteiger partial charge in [-0.3, -0.25) is 0 Å². The molecule has 0 aromatic heterocycles. The lowest BCUT2D eigenvalue weighted by molar-refractivity contribution is 0.258. The molecule has 0 aliphatic carbocycles. The third kappa shape index (κ3) is 6.58. The highest BCUT2D eigenvalue weighted by Crippen LogP contribution is 2.43. The Morgan fingerprint density at radius 1 is 1.15 bits per heavy atom. The highest BCUT2D eigenvalue weighted by atomic mass is 32.5.